The molecule has 0 aliphatic rings. The summed E-state index contributed by atoms with van der Waals surface area (Å²) in [6.45, 7) is 1.77. The molecule has 0 saturated carbocycles. The summed E-state index contributed by atoms with van der Waals surface area (Å²) in [5.74, 6) is 0.703. The quantitative estimate of drug-likeness (QED) is 0.924. The van der Waals surface area contributed by atoms with Crippen LogP contribution in [0.2, 0.25) is 5.02 Å². The molecule has 0 aliphatic heterocycles. The minimum absolute atomic E-state index is 0.305. The van der Waals surface area contributed by atoms with Gasteiger partial charge in [-0.3, -0.25) is 4.79 Å². The zero-order chi connectivity index (χ0) is 13.8. The lowest BCUT2D eigenvalue weighted by atomic mass is 10.0. The Hall–Kier alpha value is -2.00. The summed E-state index contributed by atoms with van der Waals surface area (Å²) in [5, 5.41) is 0.622. The molecule has 1 atom stereocenters. The van der Waals surface area contributed by atoms with Gasteiger partial charge in [0, 0.05) is 5.02 Å². The van der Waals surface area contributed by atoms with Crippen LogP contribution < -0.4 is 10.5 Å². The summed E-state index contributed by atoms with van der Waals surface area (Å²) in [7, 11) is 0. The molecule has 0 saturated heterocycles. The van der Waals surface area contributed by atoms with Crippen molar-refractivity contribution in [3.8, 4) is 11.5 Å². The molecular weight excluding hydrogens is 262 g/mol. The smallest absolute Gasteiger partial charge is 0.224 e. The average molecular weight is 276 g/mol. The van der Waals surface area contributed by atoms with Gasteiger partial charge in [-0.15, -0.1) is 0 Å². The van der Waals surface area contributed by atoms with Crippen LogP contribution in [0.4, 0.5) is 0 Å². The number of carbonyl (C=O) groups is 1. The van der Waals surface area contributed by atoms with Gasteiger partial charge in [0.15, 0.2) is 0 Å². The molecule has 2 N–H and O–H groups in total. The van der Waals surface area contributed by atoms with Crippen LogP contribution in [-0.2, 0) is 4.79 Å². The molecule has 1 amide bonds. The Bertz CT molecular complexity index is 581. The fourth-order valence-corrected chi connectivity index (χ4v) is 1.84. The van der Waals surface area contributed by atoms with Crippen LogP contribution in [-0.4, -0.2) is 5.91 Å². The molecule has 0 radical (unpaired) electrons. The van der Waals surface area contributed by atoms with E-state index in [9.17, 15) is 4.79 Å². The van der Waals surface area contributed by atoms with Crippen LogP contribution in [0, 0.1) is 0 Å². The number of carbonyl (C=O) groups excluding carboxylic acids is 1. The van der Waals surface area contributed by atoms with E-state index in [4.69, 9.17) is 22.1 Å². The second-order valence-corrected chi connectivity index (χ2v) is 4.69. The molecule has 1 unspecified atom stereocenters. The topological polar surface area (TPSA) is 52.3 Å². The van der Waals surface area contributed by atoms with Crippen LogP contribution in [0.5, 0.6) is 11.5 Å². The highest BCUT2D eigenvalue weighted by Crippen LogP contribution is 2.25. The van der Waals surface area contributed by atoms with Gasteiger partial charge in [0.2, 0.25) is 5.91 Å². The Morgan fingerprint density at radius 1 is 1.16 bits per heavy atom. The van der Waals surface area contributed by atoms with E-state index in [0.29, 0.717) is 16.5 Å². The second kappa shape index (κ2) is 5.76. The highest BCUT2D eigenvalue weighted by molar-refractivity contribution is 6.30. The number of nitrogens with two attached hydrogens (primary N) is 1. The number of primary amides is 1. The van der Waals surface area contributed by atoms with Crippen molar-refractivity contribution in [3.63, 3.8) is 0 Å². The largest absolute Gasteiger partial charge is 0.457 e. The van der Waals surface area contributed by atoms with E-state index >= 15 is 0 Å². The molecule has 0 bridgehead atoms. The Morgan fingerprint density at radius 2 is 1.84 bits per heavy atom. The standard InChI is InChI=1S/C15H14ClNO2/c1-10(15(17)18)11-5-7-13(8-6-11)19-14-4-2-3-12(16)9-14/h2-10H,1H3,(H2,17,18). The lowest BCUT2D eigenvalue weighted by molar-refractivity contribution is -0.119. The Morgan fingerprint density at radius 3 is 2.42 bits per heavy atom. The third-order valence-electron chi connectivity index (χ3n) is 2.84. The lowest BCUT2D eigenvalue weighted by Crippen LogP contribution is -2.18. The second-order valence-electron chi connectivity index (χ2n) is 4.25. The van der Waals surface area contributed by atoms with Gasteiger partial charge < -0.3 is 10.5 Å². The minimum atomic E-state index is -0.344. The molecule has 98 valence electrons. The molecule has 19 heavy (non-hydrogen) atoms. The van der Waals surface area contributed by atoms with Gasteiger partial charge in [0.1, 0.15) is 11.5 Å². The SMILES string of the molecule is CC(C(N)=O)c1ccc(Oc2cccc(Cl)c2)cc1. The summed E-state index contributed by atoms with van der Waals surface area (Å²) in [6, 6.07) is 14.4. The highest BCUT2D eigenvalue weighted by atomic mass is 35.5. The van der Waals surface area contributed by atoms with Crippen molar-refractivity contribution >= 4 is 17.5 Å². The summed E-state index contributed by atoms with van der Waals surface area (Å²) < 4.78 is 5.65. The number of amides is 1. The molecule has 0 spiro atoms. The van der Waals surface area contributed by atoms with Crippen LogP contribution in [0.15, 0.2) is 48.5 Å². The van der Waals surface area contributed by atoms with E-state index in [0.717, 1.165) is 5.56 Å². The van der Waals surface area contributed by atoms with Crippen molar-refractivity contribution in [1.29, 1.82) is 0 Å². The van der Waals surface area contributed by atoms with Crippen molar-refractivity contribution in [2.75, 3.05) is 0 Å². The van der Waals surface area contributed by atoms with Gasteiger partial charge in [-0.1, -0.05) is 29.8 Å². The minimum Gasteiger partial charge on any atom is -0.457 e. The molecule has 0 heterocycles. The molecule has 0 aromatic heterocycles. The zero-order valence-electron chi connectivity index (χ0n) is 10.5. The van der Waals surface area contributed by atoms with Crippen LogP contribution in [0.3, 0.4) is 0 Å². The highest BCUT2D eigenvalue weighted by Gasteiger charge is 2.11. The molecule has 3 nitrogen and oxygen atoms in total. The summed E-state index contributed by atoms with van der Waals surface area (Å²) in [6.07, 6.45) is 0. The first-order chi connectivity index (χ1) is 9.06. The van der Waals surface area contributed by atoms with Crippen LogP contribution in [0.1, 0.15) is 18.4 Å². The Kier molecular flexibility index (Phi) is 4.07. The van der Waals surface area contributed by atoms with Gasteiger partial charge in [-0.2, -0.15) is 0 Å². The maximum atomic E-state index is 11.1. The third kappa shape index (κ3) is 3.48. The van der Waals surface area contributed by atoms with Crippen molar-refractivity contribution in [2.24, 2.45) is 5.73 Å². The predicted octanol–water partition coefficient (Wildman–Crippen LogP) is 3.72. The number of benzene rings is 2. The molecule has 2 aromatic carbocycles. The van der Waals surface area contributed by atoms with Crippen molar-refractivity contribution < 1.29 is 9.53 Å². The van der Waals surface area contributed by atoms with Crippen molar-refractivity contribution in [2.45, 2.75) is 12.8 Å². The first-order valence-electron chi connectivity index (χ1n) is 5.89. The molecule has 4 heteroatoms. The summed E-state index contributed by atoms with van der Waals surface area (Å²) in [4.78, 5) is 11.1. The van der Waals surface area contributed by atoms with E-state index < -0.39 is 0 Å². The van der Waals surface area contributed by atoms with E-state index in [2.05, 4.69) is 0 Å². The monoisotopic (exact) mass is 275 g/mol. The Balaban J connectivity index is 2.13. The third-order valence-corrected chi connectivity index (χ3v) is 3.07. The van der Waals surface area contributed by atoms with Crippen LogP contribution in [0.25, 0.3) is 0 Å². The maximum absolute atomic E-state index is 11.1. The molecule has 2 aromatic rings. The summed E-state index contributed by atoms with van der Waals surface area (Å²) in [5.41, 5.74) is 6.13. The number of ether oxygens (including phenoxy) is 1. The van der Waals surface area contributed by atoms with E-state index in [1.54, 1.807) is 31.2 Å². The number of halogens is 1. The Labute approximate surface area is 117 Å². The fraction of sp³-hybridized carbons (Fsp3) is 0.133. The van der Waals surface area contributed by atoms with E-state index in [1.165, 1.54) is 0 Å². The van der Waals surface area contributed by atoms with Gasteiger partial charge in [0.25, 0.3) is 0 Å². The first kappa shape index (κ1) is 13.4. The van der Waals surface area contributed by atoms with Gasteiger partial charge in [-0.25, -0.2) is 0 Å². The lowest BCUT2D eigenvalue weighted by Gasteiger charge is -2.09. The fourth-order valence-electron chi connectivity index (χ4n) is 1.66. The zero-order valence-corrected chi connectivity index (χ0v) is 11.2. The van der Waals surface area contributed by atoms with Crippen LogP contribution >= 0.6 is 11.6 Å². The van der Waals surface area contributed by atoms with E-state index in [-0.39, 0.29) is 11.8 Å². The molecule has 2 rings (SSSR count). The van der Waals surface area contributed by atoms with Crippen molar-refractivity contribution in [1.82, 2.24) is 0 Å². The molecule has 0 aliphatic carbocycles. The number of hydrogen-bond acceptors (Lipinski definition) is 2. The van der Waals surface area contributed by atoms with Gasteiger partial charge >= 0.3 is 0 Å². The normalized spacial score (nSPS) is 11.9. The number of hydrogen-bond donors (Lipinski definition) is 1. The maximum Gasteiger partial charge on any atom is 0.224 e. The van der Waals surface area contributed by atoms with E-state index in [1.807, 2.05) is 24.3 Å². The van der Waals surface area contributed by atoms with Gasteiger partial charge in [-0.05, 0) is 42.8 Å². The van der Waals surface area contributed by atoms with Gasteiger partial charge in [0.05, 0.1) is 5.92 Å². The molecule has 0 fully saturated rings. The molecular formula is C15H14ClNO2. The average Bonchev–Trinajstić information content (AvgIpc) is 2.39. The summed E-state index contributed by atoms with van der Waals surface area (Å²) >= 11 is 5.88. The van der Waals surface area contributed by atoms with Crippen molar-refractivity contribution in [3.05, 3.63) is 59.1 Å². The number of rotatable bonds is 4. The first-order valence-corrected chi connectivity index (χ1v) is 6.27. The predicted molar refractivity (Wildman–Crippen MR) is 75.6 cm³/mol.